The van der Waals surface area contributed by atoms with Crippen LogP contribution >= 0.6 is 0 Å². The average molecular weight is 246 g/mol. The molecule has 4 heteroatoms. The minimum absolute atomic E-state index is 0.0302. The van der Waals surface area contributed by atoms with Crippen LogP contribution in [0.4, 0.5) is 5.82 Å². The van der Waals surface area contributed by atoms with Crippen LogP contribution in [-0.4, -0.2) is 23.4 Å². The minimum Gasteiger partial charge on any atom is -0.382 e. The molecule has 1 aliphatic heterocycles. The topological polar surface area (TPSA) is 66.0 Å². The number of aromatic nitrogens is 1. The van der Waals surface area contributed by atoms with Crippen molar-refractivity contribution in [3.63, 3.8) is 0 Å². The first-order chi connectivity index (χ1) is 8.49. The monoisotopic (exact) mass is 246 g/mol. The van der Waals surface area contributed by atoms with Crippen LogP contribution in [0.25, 0.3) is 0 Å². The highest BCUT2D eigenvalue weighted by atomic mass is 15.2. The van der Waals surface area contributed by atoms with Crippen molar-refractivity contribution in [1.29, 1.82) is 5.41 Å². The summed E-state index contributed by atoms with van der Waals surface area (Å²) in [7, 11) is 0. The Bertz CT molecular complexity index is 443. The van der Waals surface area contributed by atoms with E-state index in [-0.39, 0.29) is 5.84 Å². The number of nitrogen functional groups attached to an aromatic ring is 1. The second-order valence-electron chi connectivity index (χ2n) is 5.51. The molecule has 2 rings (SSSR count). The standard InChI is InChI=1S/C14H22N4/c1-9-7-10(2)11(3)18(8-9)13-6-4-5-12(17-13)14(15)16/h4-6,9-11H,7-8H2,1-3H3,(H3,15,16). The molecule has 3 atom stereocenters. The summed E-state index contributed by atoms with van der Waals surface area (Å²) in [5.74, 6) is 2.31. The number of pyridine rings is 1. The van der Waals surface area contributed by atoms with Crippen LogP contribution in [0, 0.1) is 17.2 Å². The maximum atomic E-state index is 7.47. The molecule has 0 aliphatic carbocycles. The van der Waals surface area contributed by atoms with Crippen molar-refractivity contribution < 1.29 is 0 Å². The van der Waals surface area contributed by atoms with Gasteiger partial charge >= 0.3 is 0 Å². The fourth-order valence-electron chi connectivity index (χ4n) is 2.75. The molecule has 2 heterocycles. The highest BCUT2D eigenvalue weighted by molar-refractivity contribution is 5.93. The van der Waals surface area contributed by atoms with Crippen molar-refractivity contribution in [1.82, 2.24) is 4.98 Å². The van der Waals surface area contributed by atoms with E-state index in [0.717, 1.165) is 12.4 Å². The summed E-state index contributed by atoms with van der Waals surface area (Å²) in [6.45, 7) is 7.85. The van der Waals surface area contributed by atoms with E-state index < -0.39 is 0 Å². The molecule has 98 valence electrons. The van der Waals surface area contributed by atoms with Crippen LogP contribution < -0.4 is 10.6 Å². The number of nitrogens with zero attached hydrogens (tertiary/aromatic N) is 2. The molecule has 1 saturated heterocycles. The molecule has 0 saturated carbocycles. The largest absolute Gasteiger partial charge is 0.382 e. The molecule has 1 aromatic heterocycles. The van der Waals surface area contributed by atoms with Gasteiger partial charge in [0.25, 0.3) is 0 Å². The quantitative estimate of drug-likeness (QED) is 0.621. The van der Waals surface area contributed by atoms with Gasteiger partial charge in [-0.15, -0.1) is 0 Å². The number of anilines is 1. The molecule has 0 spiro atoms. The fourth-order valence-corrected chi connectivity index (χ4v) is 2.75. The number of hydrogen-bond donors (Lipinski definition) is 2. The molecular formula is C14H22N4. The van der Waals surface area contributed by atoms with Crippen molar-refractivity contribution in [3.8, 4) is 0 Å². The number of hydrogen-bond acceptors (Lipinski definition) is 3. The highest BCUT2D eigenvalue weighted by Gasteiger charge is 2.29. The molecule has 3 N–H and O–H groups in total. The van der Waals surface area contributed by atoms with Gasteiger partial charge < -0.3 is 10.6 Å². The van der Waals surface area contributed by atoms with Crippen LogP contribution in [0.5, 0.6) is 0 Å². The number of rotatable bonds is 2. The summed E-state index contributed by atoms with van der Waals surface area (Å²) in [5, 5.41) is 7.47. The van der Waals surface area contributed by atoms with Crippen molar-refractivity contribution in [3.05, 3.63) is 23.9 Å². The van der Waals surface area contributed by atoms with Gasteiger partial charge in [-0.25, -0.2) is 4.98 Å². The normalized spacial score (nSPS) is 28.2. The van der Waals surface area contributed by atoms with Crippen LogP contribution in [0.15, 0.2) is 18.2 Å². The van der Waals surface area contributed by atoms with Crippen LogP contribution in [-0.2, 0) is 0 Å². The number of nitrogens with one attached hydrogen (secondary N) is 1. The molecule has 4 nitrogen and oxygen atoms in total. The summed E-state index contributed by atoms with van der Waals surface area (Å²) in [6.07, 6.45) is 1.27. The first-order valence-electron chi connectivity index (χ1n) is 6.57. The highest BCUT2D eigenvalue weighted by Crippen LogP contribution is 2.30. The van der Waals surface area contributed by atoms with Gasteiger partial charge in [0.1, 0.15) is 17.3 Å². The SMILES string of the molecule is CC1CC(C)C(C)N(c2cccc(C(=N)N)n2)C1. The molecule has 0 amide bonds. The Labute approximate surface area is 109 Å². The summed E-state index contributed by atoms with van der Waals surface area (Å²) >= 11 is 0. The van der Waals surface area contributed by atoms with Crippen molar-refractivity contribution in [2.24, 2.45) is 17.6 Å². The third-order valence-electron chi connectivity index (χ3n) is 3.90. The molecule has 1 fully saturated rings. The van der Waals surface area contributed by atoms with Crippen molar-refractivity contribution in [2.45, 2.75) is 33.2 Å². The Morgan fingerprint density at radius 3 is 2.78 bits per heavy atom. The first-order valence-corrected chi connectivity index (χ1v) is 6.57. The average Bonchev–Trinajstić information content (AvgIpc) is 2.34. The van der Waals surface area contributed by atoms with E-state index in [1.165, 1.54) is 6.42 Å². The predicted octanol–water partition coefficient (Wildman–Crippen LogP) is 2.24. The molecule has 0 bridgehead atoms. The molecular weight excluding hydrogens is 224 g/mol. The lowest BCUT2D eigenvalue weighted by atomic mass is 9.86. The predicted molar refractivity (Wildman–Crippen MR) is 75.0 cm³/mol. The van der Waals surface area contributed by atoms with E-state index in [1.807, 2.05) is 12.1 Å². The lowest BCUT2D eigenvalue weighted by Crippen LogP contribution is -2.46. The number of piperidine rings is 1. The maximum absolute atomic E-state index is 7.47. The zero-order valence-electron chi connectivity index (χ0n) is 11.4. The van der Waals surface area contributed by atoms with Gasteiger partial charge in [-0.1, -0.05) is 19.9 Å². The number of amidine groups is 1. The lowest BCUT2D eigenvalue weighted by Gasteiger charge is -2.42. The molecule has 1 aliphatic rings. The Balaban J connectivity index is 2.29. The Hall–Kier alpha value is -1.58. The molecule has 0 aromatic carbocycles. The summed E-state index contributed by atoms with van der Waals surface area (Å²) in [6, 6.07) is 6.20. The van der Waals surface area contributed by atoms with Crippen LogP contribution in [0.2, 0.25) is 0 Å². The second-order valence-corrected chi connectivity index (χ2v) is 5.51. The lowest BCUT2D eigenvalue weighted by molar-refractivity contribution is 0.295. The van der Waals surface area contributed by atoms with E-state index in [4.69, 9.17) is 11.1 Å². The van der Waals surface area contributed by atoms with Gasteiger partial charge in [0.05, 0.1) is 0 Å². The van der Waals surface area contributed by atoms with Crippen LogP contribution in [0.3, 0.4) is 0 Å². The zero-order chi connectivity index (χ0) is 13.3. The smallest absolute Gasteiger partial charge is 0.141 e. The van der Waals surface area contributed by atoms with Crippen molar-refractivity contribution >= 4 is 11.7 Å². The summed E-state index contributed by atoms with van der Waals surface area (Å²) in [4.78, 5) is 6.83. The molecule has 0 radical (unpaired) electrons. The van der Waals surface area contributed by atoms with E-state index in [0.29, 0.717) is 23.6 Å². The minimum atomic E-state index is 0.0302. The zero-order valence-corrected chi connectivity index (χ0v) is 11.4. The molecule has 3 unspecified atom stereocenters. The molecule has 18 heavy (non-hydrogen) atoms. The van der Waals surface area contributed by atoms with Crippen molar-refractivity contribution in [2.75, 3.05) is 11.4 Å². The maximum Gasteiger partial charge on any atom is 0.141 e. The van der Waals surface area contributed by atoms with Gasteiger partial charge in [0.2, 0.25) is 0 Å². The summed E-state index contributed by atoms with van der Waals surface area (Å²) < 4.78 is 0. The van der Waals surface area contributed by atoms with Gasteiger partial charge in [-0.2, -0.15) is 0 Å². The second kappa shape index (κ2) is 4.96. The molecule has 1 aromatic rings. The Morgan fingerprint density at radius 2 is 2.11 bits per heavy atom. The summed E-state index contributed by atoms with van der Waals surface area (Å²) in [5.41, 5.74) is 6.06. The van der Waals surface area contributed by atoms with Crippen LogP contribution in [0.1, 0.15) is 32.9 Å². The van der Waals surface area contributed by atoms with E-state index in [2.05, 4.69) is 30.7 Å². The number of nitrogens with two attached hydrogens (primary N) is 1. The van der Waals surface area contributed by atoms with E-state index >= 15 is 0 Å². The third kappa shape index (κ3) is 2.47. The van der Waals surface area contributed by atoms with E-state index in [1.54, 1.807) is 6.07 Å². The van der Waals surface area contributed by atoms with Gasteiger partial charge in [0.15, 0.2) is 0 Å². The fraction of sp³-hybridized carbons (Fsp3) is 0.571. The van der Waals surface area contributed by atoms with Gasteiger partial charge in [-0.05, 0) is 37.3 Å². The van der Waals surface area contributed by atoms with Gasteiger partial charge in [0, 0.05) is 12.6 Å². The Kier molecular flexibility index (Phi) is 3.55. The third-order valence-corrected chi connectivity index (χ3v) is 3.90. The van der Waals surface area contributed by atoms with E-state index in [9.17, 15) is 0 Å². The Morgan fingerprint density at radius 1 is 1.39 bits per heavy atom. The van der Waals surface area contributed by atoms with Gasteiger partial charge in [-0.3, -0.25) is 5.41 Å². The first kappa shape index (κ1) is 12.9.